The minimum absolute atomic E-state index is 0. The first kappa shape index (κ1) is 21.1. The van der Waals surface area contributed by atoms with E-state index in [1.165, 1.54) is 6.42 Å². The fourth-order valence-corrected chi connectivity index (χ4v) is 2.11. The van der Waals surface area contributed by atoms with E-state index in [1.807, 2.05) is 0 Å². The summed E-state index contributed by atoms with van der Waals surface area (Å²) >= 11 is 0. The number of hydrogen-bond donors (Lipinski definition) is 0. The van der Waals surface area contributed by atoms with Crippen molar-refractivity contribution in [3.8, 4) is 0 Å². The van der Waals surface area contributed by atoms with Gasteiger partial charge in [0, 0.05) is 0 Å². The van der Waals surface area contributed by atoms with Gasteiger partial charge >= 0.3 is 37.7 Å². The third kappa shape index (κ3) is 9.67. The van der Waals surface area contributed by atoms with Gasteiger partial charge in [-0.3, -0.25) is 10.3 Å². The molecule has 0 atom stereocenters. The molecule has 78 valence electrons. The molecule has 0 bridgehead atoms. The van der Waals surface area contributed by atoms with Gasteiger partial charge in [-0.25, -0.2) is 6.42 Å². The van der Waals surface area contributed by atoms with Gasteiger partial charge in [-0.05, 0) is 13.8 Å². The Morgan fingerprint density at radius 3 is 2.00 bits per heavy atom. The second-order valence-corrected chi connectivity index (χ2v) is 4.05. The van der Waals surface area contributed by atoms with Gasteiger partial charge in [0.15, 0.2) is 0 Å². The Morgan fingerprint density at radius 2 is 1.73 bits per heavy atom. The fourth-order valence-electron chi connectivity index (χ4n) is 0.702. The van der Waals surface area contributed by atoms with Crippen LogP contribution in [0.1, 0.15) is 20.8 Å². The van der Waals surface area contributed by atoms with Crippen molar-refractivity contribution in [2.24, 2.45) is 0 Å². The van der Waals surface area contributed by atoms with Crippen molar-refractivity contribution in [1.29, 1.82) is 0 Å². The smallest absolute Gasteiger partial charge is 0.899 e. The molecule has 0 N–H and O–H groups in total. The molecule has 0 aromatic heterocycles. The molecule has 7 heteroatoms. The van der Waals surface area contributed by atoms with Crippen molar-refractivity contribution >= 4 is 7.60 Å². The Labute approximate surface area is 116 Å². The van der Waals surface area contributed by atoms with E-state index in [9.17, 15) is 9.67 Å². The summed E-state index contributed by atoms with van der Waals surface area (Å²) in [5.41, 5.74) is 0. The van der Waals surface area contributed by atoms with Crippen molar-refractivity contribution in [2.75, 3.05) is 13.2 Å². The van der Waals surface area contributed by atoms with E-state index in [0.29, 0.717) is 0 Å². The largest absolute Gasteiger partial charge is 1.00 e. The van der Waals surface area contributed by atoms with Crippen molar-refractivity contribution in [3.05, 3.63) is 18.0 Å². The van der Waals surface area contributed by atoms with Crippen LogP contribution in [0.3, 0.4) is 0 Å². The molecule has 0 aromatic rings. The number of rotatable bonds is 6. The average molecular weight is 220 g/mol. The minimum Gasteiger partial charge on any atom is -0.899 e. The zero-order valence-corrected chi connectivity index (χ0v) is 11.0. The third-order valence-electron chi connectivity index (χ3n) is 1.19. The molecular formula is C8H15Li2O4P. The SMILES string of the molecule is C[CH-]/C([O-])=C/P(=O)(OCC)OCC.[Li+].[Li+]. The van der Waals surface area contributed by atoms with E-state index in [4.69, 9.17) is 9.05 Å². The first-order valence-corrected chi connectivity index (χ1v) is 5.77. The van der Waals surface area contributed by atoms with E-state index in [-0.39, 0.29) is 56.7 Å². The topological polar surface area (TPSA) is 58.6 Å². The molecule has 0 heterocycles. The van der Waals surface area contributed by atoms with E-state index in [0.717, 1.165) is 5.82 Å². The predicted molar refractivity (Wildman–Crippen MR) is 48.9 cm³/mol. The number of allylic oxidation sites excluding steroid dienone is 1. The molecule has 0 unspecified atom stereocenters. The summed E-state index contributed by atoms with van der Waals surface area (Å²) in [6.45, 7) is 5.47. The maximum absolute atomic E-state index is 11.6. The first-order valence-electron chi connectivity index (χ1n) is 4.16. The van der Waals surface area contributed by atoms with Gasteiger partial charge in [0.05, 0.1) is 13.2 Å². The van der Waals surface area contributed by atoms with Gasteiger partial charge in [-0.15, -0.1) is 12.7 Å². The maximum Gasteiger partial charge on any atom is 1.00 e. The summed E-state index contributed by atoms with van der Waals surface area (Å²) in [6.07, 6.45) is 1.31. The van der Waals surface area contributed by atoms with E-state index in [1.54, 1.807) is 20.8 Å². The van der Waals surface area contributed by atoms with E-state index >= 15 is 0 Å². The van der Waals surface area contributed by atoms with Gasteiger partial charge in [0.1, 0.15) is 0 Å². The van der Waals surface area contributed by atoms with Crippen molar-refractivity contribution < 1.29 is 56.4 Å². The van der Waals surface area contributed by atoms with Crippen molar-refractivity contribution in [1.82, 2.24) is 0 Å². The molecule has 0 aromatic carbocycles. The van der Waals surface area contributed by atoms with Crippen LogP contribution in [0, 0.1) is 6.42 Å². The molecule has 0 saturated carbocycles. The van der Waals surface area contributed by atoms with Crippen LogP contribution in [0.15, 0.2) is 11.6 Å². The van der Waals surface area contributed by atoms with E-state index < -0.39 is 7.60 Å². The molecule has 0 aliphatic rings. The van der Waals surface area contributed by atoms with Crippen LogP contribution in [0.25, 0.3) is 0 Å². The van der Waals surface area contributed by atoms with E-state index in [2.05, 4.69) is 0 Å². The Kier molecular flexibility index (Phi) is 15.8. The van der Waals surface area contributed by atoms with Crippen LogP contribution in [0.2, 0.25) is 0 Å². The van der Waals surface area contributed by atoms with Crippen molar-refractivity contribution in [2.45, 2.75) is 20.8 Å². The molecule has 0 radical (unpaired) electrons. The monoisotopic (exact) mass is 220 g/mol. The normalized spacial score (nSPS) is 11.3. The Hall–Kier alpha value is 0.755. The quantitative estimate of drug-likeness (QED) is 0.196. The van der Waals surface area contributed by atoms with Crippen LogP contribution in [0.4, 0.5) is 0 Å². The van der Waals surface area contributed by atoms with Gasteiger partial charge in [-0.1, -0.05) is 0 Å². The van der Waals surface area contributed by atoms with Crippen LogP contribution < -0.4 is 42.8 Å². The minimum atomic E-state index is -3.30. The number of hydrogen-bond acceptors (Lipinski definition) is 4. The zero-order chi connectivity index (χ0) is 10.3. The average Bonchev–Trinajstić information content (AvgIpc) is 2.04. The second-order valence-electron chi connectivity index (χ2n) is 2.20. The molecule has 0 amide bonds. The molecule has 0 fully saturated rings. The third-order valence-corrected chi connectivity index (χ3v) is 2.99. The van der Waals surface area contributed by atoms with Gasteiger partial charge < -0.3 is 14.2 Å². The second kappa shape index (κ2) is 11.2. The Balaban J connectivity index is -0.000000720. The first-order chi connectivity index (χ1) is 6.08. The molecule has 0 spiro atoms. The fraction of sp³-hybridized carbons (Fsp3) is 0.625. The summed E-state index contributed by atoms with van der Waals surface area (Å²) in [5.74, 6) is 0.658. The molecular weight excluding hydrogens is 205 g/mol. The summed E-state index contributed by atoms with van der Waals surface area (Å²) < 4.78 is 21.4. The molecule has 0 saturated heterocycles. The van der Waals surface area contributed by atoms with Crippen LogP contribution in [0.5, 0.6) is 0 Å². The molecule has 0 aliphatic heterocycles. The molecule has 4 nitrogen and oxygen atoms in total. The predicted octanol–water partition coefficient (Wildman–Crippen LogP) is -4.31. The van der Waals surface area contributed by atoms with Crippen molar-refractivity contribution in [3.63, 3.8) is 0 Å². The molecule has 0 rings (SSSR count). The van der Waals surface area contributed by atoms with Gasteiger partial charge in [0.2, 0.25) is 0 Å². The Bertz CT molecular complexity index is 211. The van der Waals surface area contributed by atoms with Crippen LogP contribution >= 0.6 is 7.60 Å². The summed E-state index contributed by atoms with van der Waals surface area (Å²) in [6, 6.07) is 0. The maximum atomic E-state index is 11.6. The standard InChI is InChI=1S/C8H16O4P.2Li/c1-4-8(9)7-13(10,11-5-2)12-6-3;;/h4,7,9H,5-6H2,1-3H3;;/q-1;2*+1/p-1/b8-7-;;. The Morgan fingerprint density at radius 1 is 1.33 bits per heavy atom. The summed E-state index contributed by atoms with van der Waals surface area (Å²) in [5, 5.41) is 10.9. The molecule has 0 aliphatic carbocycles. The van der Waals surface area contributed by atoms with Gasteiger partial charge in [0.25, 0.3) is 7.60 Å². The summed E-state index contributed by atoms with van der Waals surface area (Å²) in [4.78, 5) is 0. The van der Waals surface area contributed by atoms with Gasteiger partial charge in [-0.2, -0.15) is 0 Å². The zero-order valence-electron chi connectivity index (χ0n) is 10.1. The molecule has 15 heavy (non-hydrogen) atoms. The van der Waals surface area contributed by atoms with Crippen LogP contribution in [-0.4, -0.2) is 13.2 Å². The summed E-state index contributed by atoms with van der Waals surface area (Å²) in [7, 11) is -3.30. The van der Waals surface area contributed by atoms with Crippen LogP contribution in [-0.2, 0) is 13.6 Å².